The molecular formula is C20H23ClN2O5S. The van der Waals surface area contributed by atoms with Crippen molar-refractivity contribution in [3.05, 3.63) is 53.1 Å². The minimum Gasteiger partial charge on any atom is -0.486 e. The van der Waals surface area contributed by atoms with Crippen LogP contribution in [0, 0.1) is 0 Å². The van der Waals surface area contributed by atoms with Crippen LogP contribution >= 0.6 is 11.6 Å². The number of halogens is 1. The second-order valence-electron chi connectivity index (χ2n) is 6.89. The molecule has 9 heteroatoms. The molecule has 1 aliphatic heterocycles. The number of amides is 1. The maximum absolute atomic E-state index is 13.4. The lowest BCUT2D eigenvalue weighted by Gasteiger charge is -2.24. The van der Waals surface area contributed by atoms with E-state index in [2.05, 4.69) is 5.32 Å². The molecule has 0 fully saturated rings. The second-order valence-corrected chi connectivity index (χ2v) is 9.24. The number of nitrogens with one attached hydrogen (secondary N) is 1. The van der Waals surface area contributed by atoms with Crippen molar-refractivity contribution < 1.29 is 22.7 Å². The number of ether oxygens (including phenoxy) is 2. The predicted octanol–water partition coefficient (Wildman–Crippen LogP) is 2.83. The molecule has 0 aromatic heterocycles. The topological polar surface area (TPSA) is 84.9 Å². The summed E-state index contributed by atoms with van der Waals surface area (Å²) in [6.45, 7) is 4.00. The highest BCUT2D eigenvalue weighted by atomic mass is 35.5. The van der Waals surface area contributed by atoms with Gasteiger partial charge in [-0.3, -0.25) is 4.79 Å². The van der Waals surface area contributed by atoms with E-state index in [1.165, 1.54) is 12.1 Å². The van der Waals surface area contributed by atoms with Gasteiger partial charge in [0.2, 0.25) is 15.9 Å². The van der Waals surface area contributed by atoms with Crippen LogP contribution in [0.15, 0.2) is 47.4 Å². The fourth-order valence-electron chi connectivity index (χ4n) is 2.90. The molecule has 0 unspecified atom stereocenters. The van der Waals surface area contributed by atoms with Crippen LogP contribution in [-0.2, 0) is 21.4 Å². The monoisotopic (exact) mass is 438 g/mol. The number of carbonyl (C=O) groups is 1. The zero-order chi connectivity index (χ0) is 21.0. The molecule has 0 aliphatic carbocycles. The SMILES string of the molecule is CC(C)NC(=O)CN(Cc1ccccc1Cl)S(=O)(=O)c1ccc2c(c1)OCCO2. The minimum absolute atomic E-state index is 0.0196. The molecule has 0 saturated heterocycles. The summed E-state index contributed by atoms with van der Waals surface area (Å²) >= 11 is 6.22. The third-order valence-corrected chi connectivity index (χ3v) is 6.38. The van der Waals surface area contributed by atoms with E-state index in [0.29, 0.717) is 35.3 Å². The number of carbonyl (C=O) groups excluding carboxylic acids is 1. The van der Waals surface area contributed by atoms with E-state index in [1.807, 2.05) is 13.8 Å². The average Bonchev–Trinajstić information content (AvgIpc) is 2.68. The summed E-state index contributed by atoms with van der Waals surface area (Å²) in [5.74, 6) is 0.459. The van der Waals surface area contributed by atoms with E-state index < -0.39 is 15.9 Å². The molecular weight excluding hydrogens is 416 g/mol. The molecule has 1 aliphatic rings. The quantitative estimate of drug-likeness (QED) is 0.718. The Morgan fingerprint density at radius 3 is 2.52 bits per heavy atom. The Bertz CT molecular complexity index is 994. The van der Waals surface area contributed by atoms with Gasteiger partial charge < -0.3 is 14.8 Å². The lowest BCUT2D eigenvalue weighted by Crippen LogP contribution is -2.42. The van der Waals surface area contributed by atoms with Crippen molar-refractivity contribution in [2.45, 2.75) is 31.3 Å². The molecule has 0 saturated carbocycles. The Morgan fingerprint density at radius 2 is 1.83 bits per heavy atom. The van der Waals surface area contributed by atoms with Crippen molar-refractivity contribution in [2.75, 3.05) is 19.8 Å². The van der Waals surface area contributed by atoms with E-state index >= 15 is 0 Å². The number of sulfonamides is 1. The van der Waals surface area contributed by atoms with Crippen LogP contribution in [0.4, 0.5) is 0 Å². The smallest absolute Gasteiger partial charge is 0.243 e. The molecule has 1 amide bonds. The zero-order valence-electron chi connectivity index (χ0n) is 16.2. The van der Waals surface area contributed by atoms with Crippen LogP contribution in [0.2, 0.25) is 5.02 Å². The first kappa shape index (κ1) is 21.4. The van der Waals surface area contributed by atoms with Gasteiger partial charge in [0.25, 0.3) is 0 Å². The van der Waals surface area contributed by atoms with E-state index in [4.69, 9.17) is 21.1 Å². The van der Waals surface area contributed by atoms with E-state index in [-0.39, 0.29) is 24.0 Å². The van der Waals surface area contributed by atoms with Gasteiger partial charge in [-0.2, -0.15) is 4.31 Å². The summed E-state index contributed by atoms with van der Waals surface area (Å²) in [7, 11) is -4.00. The summed E-state index contributed by atoms with van der Waals surface area (Å²) in [4.78, 5) is 12.4. The van der Waals surface area contributed by atoms with E-state index in [9.17, 15) is 13.2 Å². The number of rotatable bonds is 7. The second kappa shape index (κ2) is 9.02. The van der Waals surface area contributed by atoms with Crippen molar-refractivity contribution in [2.24, 2.45) is 0 Å². The highest BCUT2D eigenvalue weighted by Crippen LogP contribution is 2.33. The van der Waals surface area contributed by atoms with Crippen LogP contribution in [-0.4, -0.2) is 44.4 Å². The molecule has 156 valence electrons. The fraction of sp³-hybridized carbons (Fsp3) is 0.350. The van der Waals surface area contributed by atoms with Gasteiger partial charge in [-0.05, 0) is 37.6 Å². The molecule has 29 heavy (non-hydrogen) atoms. The molecule has 0 spiro atoms. The first-order valence-electron chi connectivity index (χ1n) is 9.20. The van der Waals surface area contributed by atoms with Gasteiger partial charge in [-0.15, -0.1) is 0 Å². The average molecular weight is 439 g/mol. The maximum Gasteiger partial charge on any atom is 0.243 e. The molecule has 2 aromatic carbocycles. The van der Waals surface area contributed by atoms with Crippen molar-refractivity contribution in [1.29, 1.82) is 0 Å². The maximum atomic E-state index is 13.4. The van der Waals surface area contributed by atoms with Crippen LogP contribution in [0.1, 0.15) is 19.4 Å². The summed E-state index contributed by atoms with van der Waals surface area (Å²) in [6, 6.07) is 11.3. The van der Waals surface area contributed by atoms with E-state index in [1.54, 1.807) is 30.3 Å². The Labute approximate surface area is 175 Å². The summed E-state index contributed by atoms with van der Waals surface area (Å²) in [6.07, 6.45) is 0. The van der Waals surface area contributed by atoms with E-state index in [0.717, 1.165) is 4.31 Å². The van der Waals surface area contributed by atoms with Gasteiger partial charge in [0, 0.05) is 23.7 Å². The molecule has 7 nitrogen and oxygen atoms in total. The lowest BCUT2D eigenvalue weighted by atomic mass is 10.2. The Hall–Kier alpha value is -2.29. The van der Waals surface area contributed by atoms with Crippen LogP contribution < -0.4 is 14.8 Å². The normalized spacial score (nSPS) is 13.6. The van der Waals surface area contributed by atoms with Gasteiger partial charge >= 0.3 is 0 Å². The van der Waals surface area contributed by atoms with Gasteiger partial charge in [-0.25, -0.2) is 8.42 Å². The van der Waals surface area contributed by atoms with Gasteiger partial charge in [-0.1, -0.05) is 29.8 Å². The van der Waals surface area contributed by atoms with Crippen molar-refractivity contribution in [3.8, 4) is 11.5 Å². The number of fused-ring (bicyclic) bond motifs is 1. The van der Waals surface area contributed by atoms with Crippen LogP contribution in [0.25, 0.3) is 0 Å². The van der Waals surface area contributed by atoms with Gasteiger partial charge in [0.05, 0.1) is 11.4 Å². The van der Waals surface area contributed by atoms with Crippen molar-refractivity contribution >= 4 is 27.5 Å². The Morgan fingerprint density at radius 1 is 1.14 bits per heavy atom. The number of hydrogen-bond acceptors (Lipinski definition) is 5. The molecule has 0 radical (unpaired) electrons. The third-order valence-electron chi connectivity index (χ3n) is 4.23. The largest absolute Gasteiger partial charge is 0.486 e. The highest BCUT2D eigenvalue weighted by Gasteiger charge is 2.29. The number of nitrogens with zero attached hydrogens (tertiary/aromatic N) is 1. The molecule has 0 bridgehead atoms. The standard InChI is InChI=1S/C20H23ClN2O5S/c1-14(2)22-20(24)13-23(12-15-5-3-4-6-17(15)21)29(25,26)16-7-8-18-19(11-16)28-10-9-27-18/h3-8,11,14H,9-10,12-13H2,1-2H3,(H,22,24). The summed E-state index contributed by atoms with van der Waals surface area (Å²) in [5, 5.41) is 3.15. The predicted molar refractivity (Wildman–Crippen MR) is 110 cm³/mol. The Kier molecular flexibility index (Phi) is 6.66. The van der Waals surface area contributed by atoms with Gasteiger partial charge in [0.1, 0.15) is 13.2 Å². The van der Waals surface area contributed by atoms with Crippen molar-refractivity contribution in [1.82, 2.24) is 9.62 Å². The molecule has 1 heterocycles. The highest BCUT2D eigenvalue weighted by molar-refractivity contribution is 7.89. The van der Waals surface area contributed by atoms with Crippen molar-refractivity contribution in [3.63, 3.8) is 0 Å². The van der Waals surface area contributed by atoms with Crippen LogP contribution in [0.3, 0.4) is 0 Å². The minimum atomic E-state index is -4.00. The first-order chi connectivity index (χ1) is 13.8. The molecule has 2 aromatic rings. The molecule has 3 rings (SSSR count). The number of benzene rings is 2. The zero-order valence-corrected chi connectivity index (χ0v) is 17.8. The molecule has 0 atom stereocenters. The van der Waals surface area contributed by atoms with Gasteiger partial charge in [0.15, 0.2) is 11.5 Å². The fourth-order valence-corrected chi connectivity index (χ4v) is 4.49. The third kappa shape index (κ3) is 5.20. The summed E-state index contributed by atoms with van der Waals surface area (Å²) in [5.41, 5.74) is 0.604. The Balaban J connectivity index is 1.94. The first-order valence-corrected chi connectivity index (χ1v) is 11.0. The lowest BCUT2D eigenvalue weighted by molar-refractivity contribution is -0.121. The molecule has 1 N–H and O–H groups in total. The van der Waals surface area contributed by atoms with Crippen LogP contribution in [0.5, 0.6) is 11.5 Å². The number of hydrogen-bond donors (Lipinski definition) is 1. The summed E-state index contributed by atoms with van der Waals surface area (Å²) < 4.78 is 38.8.